The van der Waals surface area contributed by atoms with Crippen LogP contribution in [0.1, 0.15) is 21.7 Å². The third-order valence-corrected chi connectivity index (χ3v) is 11.9. The largest absolute Gasteiger partial charge is 0.465 e. The minimum atomic E-state index is -4.00. The molecule has 11 nitrogen and oxygen atoms in total. The Hall–Kier alpha value is -4.25. The number of hydrogen-bond donors (Lipinski definition) is 2. The molecule has 2 aromatic carbocycles. The standard InChI is InChI=1S/C30H16Cl2N6O5S4/c31-24-18(9-10-19(25(24)32)33-29-35-28(40)22(46-29)13-15-5-3-11-43-15)27-34-30(37-36-27)45-21-14-20(16-6-1-2-7-17(16)26(21)39)38-47(41,42)23-8-4-12-44-23/h1-14H,(H,33,35,40)(H,34,36,37)/b22-13+,38-20-. The van der Waals surface area contributed by atoms with Crippen LogP contribution in [0, 0.1) is 0 Å². The number of Topliss-reactive ketones (excluding diaryl/α,β-unsaturated/α-hetero) is 1. The summed E-state index contributed by atoms with van der Waals surface area (Å²) in [7, 11) is -4.00. The number of aromatic nitrogens is 3. The lowest BCUT2D eigenvalue weighted by Gasteiger charge is -2.16. The lowest BCUT2D eigenvalue weighted by atomic mass is 9.94. The van der Waals surface area contributed by atoms with Gasteiger partial charge in [0.15, 0.2) is 11.0 Å². The number of amidine groups is 1. The molecule has 0 unspecified atom stereocenters. The lowest BCUT2D eigenvalue weighted by molar-refractivity contribution is -0.113. The summed E-state index contributed by atoms with van der Waals surface area (Å²) < 4.78 is 35.3. The highest BCUT2D eigenvalue weighted by Gasteiger charge is 2.28. The van der Waals surface area contributed by atoms with E-state index >= 15 is 0 Å². The van der Waals surface area contributed by atoms with Gasteiger partial charge in [-0.05, 0) is 65.3 Å². The van der Waals surface area contributed by atoms with Crippen LogP contribution in [0.25, 0.3) is 17.5 Å². The maximum absolute atomic E-state index is 13.4. The number of aromatic amines is 1. The van der Waals surface area contributed by atoms with Crippen molar-refractivity contribution in [2.75, 3.05) is 5.32 Å². The molecule has 47 heavy (non-hydrogen) atoms. The van der Waals surface area contributed by atoms with Crippen LogP contribution in [0.2, 0.25) is 10.0 Å². The van der Waals surface area contributed by atoms with Gasteiger partial charge in [-0.3, -0.25) is 14.7 Å². The molecule has 5 aromatic rings. The number of carbonyl (C=O) groups is 2. The van der Waals surface area contributed by atoms with Crippen molar-refractivity contribution in [3.8, 4) is 11.4 Å². The van der Waals surface area contributed by atoms with E-state index in [-0.39, 0.29) is 41.6 Å². The second-order valence-electron chi connectivity index (χ2n) is 9.60. The zero-order valence-corrected chi connectivity index (χ0v) is 28.1. The number of furan rings is 1. The molecule has 0 fully saturated rings. The van der Waals surface area contributed by atoms with Crippen LogP contribution in [0.15, 0.2) is 111 Å². The first kappa shape index (κ1) is 31.4. The highest BCUT2D eigenvalue weighted by Crippen LogP contribution is 2.40. The molecule has 1 aliphatic heterocycles. The van der Waals surface area contributed by atoms with Crippen molar-refractivity contribution in [2.45, 2.75) is 9.37 Å². The Morgan fingerprint density at radius 3 is 2.57 bits per heavy atom. The van der Waals surface area contributed by atoms with E-state index in [0.717, 1.165) is 34.9 Å². The van der Waals surface area contributed by atoms with Crippen molar-refractivity contribution in [1.82, 2.24) is 15.2 Å². The number of sulfonamides is 1. The number of thiophene rings is 1. The Bertz CT molecular complexity index is 2310. The molecule has 0 radical (unpaired) electrons. The third-order valence-electron chi connectivity index (χ3n) is 6.59. The van der Waals surface area contributed by atoms with Crippen LogP contribution in [0.4, 0.5) is 5.69 Å². The zero-order valence-electron chi connectivity index (χ0n) is 23.3. The average Bonchev–Trinajstić information content (AvgIpc) is 3.88. The number of nitrogens with one attached hydrogen (secondary N) is 2. The number of anilines is 1. The van der Waals surface area contributed by atoms with Gasteiger partial charge in [0.1, 0.15) is 9.97 Å². The second kappa shape index (κ2) is 12.7. The number of fused-ring (bicyclic) bond motifs is 1. The molecule has 2 N–H and O–H groups in total. The van der Waals surface area contributed by atoms with Crippen molar-refractivity contribution in [2.24, 2.45) is 9.39 Å². The summed E-state index contributed by atoms with van der Waals surface area (Å²) in [5.41, 5.74) is 1.68. The number of amides is 1. The number of nitrogens with zero attached hydrogens (tertiary/aromatic N) is 4. The molecule has 0 spiro atoms. The first-order valence-electron chi connectivity index (χ1n) is 13.3. The second-order valence-corrected chi connectivity index (χ2v) is 15.2. The first-order chi connectivity index (χ1) is 22.7. The van der Waals surface area contributed by atoms with Gasteiger partial charge in [0.2, 0.25) is 10.9 Å². The van der Waals surface area contributed by atoms with Gasteiger partial charge < -0.3 is 9.73 Å². The third kappa shape index (κ3) is 6.37. The van der Waals surface area contributed by atoms with E-state index in [2.05, 4.69) is 29.9 Å². The van der Waals surface area contributed by atoms with E-state index in [1.807, 2.05) is 0 Å². The van der Waals surface area contributed by atoms with Crippen molar-refractivity contribution >= 4 is 102 Å². The van der Waals surface area contributed by atoms with Crippen molar-refractivity contribution in [1.29, 1.82) is 0 Å². The average molecular weight is 740 g/mol. The number of carbonyl (C=O) groups excluding carboxylic acids is 2. The first-order valence-corrected chi connectivity index (χ1v) is 18.0. The van der Waals surface area contributed by atoms with Crippen LogP contribution in [-0.4, -0.2) is 46.2 Å². The van der Waals surface area contributed by atoms with Crippen LogP contribution in [0.5, 0.6) is 0 Å². The Balaban J connectivity index is 1.12. The number of hydrogen-bond acceptors (Lipinski definition) is 11. The number of thioether (sulfide) groups is 2. The van der Waals surface area contributed by atoms with Gasteiger partial charge in [0, 0.05) is 22.8 Å². The van der Waals surface area contributed by atoms with Crippen LogP contribution >= 0.6 is 58.1 Å². The van der Waals surface area contributed by atoms with E-state index in [4.69, 9.17) is 27.6 Å². The molecule has 4 heterocycles. The molecule has 234 valence electrons. The van der Waals surface area contributed by atoms with Crippen LogP contribution < -0.4 is 5.32 Å². The molecule has 0 bridgehead atoms. The number of aliphatic imine (C=N–C) groups is 1. The van der Waals surface area contributed by atoms with Crippen molar-refractivity contribution < 1.29 is 22.4 Å². The molecule has 1 aliphatic carbocycles. The fourth-order valence-corrected chi connectivity index (χ4v) is 8.50. The zero-order chi connectivity index (χ0) is 32.7. The normalized spacial score (nSPS) is 16.5. The topological polar surface area (TPSA) is 160 Å². The highest BCUT2D eigenvalue weighted by atomic mass is 35.5. The van der Waals surface area contributed by atoms with Gasteiger partial charge in [-0.15, -0.1) is 16.4 Å². The Morgan fingerprint density at radius 2 is 1.81 bits per heavy atom. The maximum atomic E-state index is 13.4. The monoisotopic (exact) mass is 738 g/mol. The number of allylic oxidation sites excluding steroid dienone is 2. The van der Waals surface area contributed by atoms with Gasteiger partial charge in [-0.1, -0.05) is 53.5 Å². The summed E-state index contributed by atoms with van der Waals surface area (Å²) in [5, 5.41) is 12.5. The number of rotatable bonds is 7. The Labute approximate surface area is 289 Å². The Kier molecular flexibility index (Phi) is 8.50. The van der Waals surface area contributed by atoms with Crippen molar-refractivity contribution in [3.05, 3.63) is 115 Å². The SMILES string of the molecule is O=C1N=C(Nc2ccc(-c3nc(SC4=C/C(=N/S(=O)(=O)c5cccs5)c5ccccc5C4=O)n[nH]3)c(Cl)c2Cl)S/C1=C/c1ccco1. The fraction of sp³-hybridized carbons (Fsp3) is 0. The van der Waals surface area contributed by atoms with Crippen LogP contribution in [-0.2, 0) is 14.8 Å². The number of halogens is 2. The van der Waals surface area contributed by atoms with E-state index in [1.165, 1.54) is 18.4 Å². The van der Waals surface area contributed by atoms with Gasteiger partial charge in [-0.25, -0.2) is 4.98 Å². The summed E-state index contributed by atoms with van der Waals surface area (Å²) >= 11 is 16.4. The molecule has 1 amide bonds. The number of H-pyrrole nitrogens is 1. The molecule has 0 saturated carbocycles. The molecule has 7 rings (SSSR count). The summed E-state index contributed by atoms with van der Waals surface area (Å²) in [6, 6.07) is 16.5. The van der Waals surface area contributed by atoms with E-state index < -0.39 is 15.9 Å². The lowest BCUT2D eigenvalue weighted by Crippen LogP contribution is -2.17. The van der Waals surface area contributed by atoms with Crippen LogP contribution in [0.3, 0.4) is 0 Å². The van der Waals surface area contributed by atoms with Gasteiger partial charge >= 0.3 is 0 Å². The molecule has 0 saturated heterocycles. The molecule has 3 aromatic heterocycles. The fourth-order valence-electron chi connectivity index (χ4n) is 4.46. The minimum absolute atomic E-state index is 0.0903. The summed E-state index contributed by atoms with van der Waals surface area (Å²) in [6.45, 7) is 0. The predicted molar refractivity (Wildman–Crippen MR) is 185 cm³/mol. The predicted octanol–water partition coefficient (Wildman–Crippen LogP) is 7.57. The smallest absolute Gasteiger partial charge is 0.292 e. The quantitative estimate of drug-likeness (QED) is 0.160. The summed E-state index contributed by atoms with van der Waals surface area (Å²) in [5.74, 6) is 0.0546. The Morgan fingerprint density at radius 1 is 0.979 bits per heavy atom. The molecule has 0 atom stereocenters. The van der Waals surface area contributed by atoms with E-state index in [0.29, 0.717) is 38.2 Å². The van der Waals surface area contributed by atoms with E-state index in [1.54, 1.807) is 66.1 Å². The maximum Gasteiger partial charge on any atom is 0.292 e. The van der Waals surface area contributed by atoms with Gasteiger partial charge in [-0.2, -0.15) is 17.8 Å². The number of ketones is 1. The minimum Gasteiger partial charge on any atom is -0.465 e. The molecular formula is C30H16Cl2N6O5S4. The molecular weight excluding hydrogens is 724 g/mol. The highest BCUT2D eigenvalue weighted by molar-refractivity contribution is 8.18. The summed E-state index contributed by atoms with van der Waals surface area (Å²) in [6.07, 6.45) is 4.53. The van der Waals surface area contributed by atoms with Gasteiger partial charge in [0.05, 0.1) is 37.5 Å². The molecule has 17 heteroatoms. The summed E-state index contributed by atoms with van der Waals surface area (Å²) in [4.78, 5) is 34.8. The van der Waals surface area contributed by atoms with Gasteiger partial charge in [0.25, 0.3) is 15.9 Å². The van der Waals surface area contributed by atoms with Crippen molar-refractivity contribution in [3.63, 3.8) is 0 Å². The molecule has 2 aliphatic rings. The van der Waals surface area contributed by atoms with E-state index in [9.17, 15) is 18.0 Å². The number of benzene rings is 2.